The lowest BCUT2D eigenvalue weighted by atomic mass is 10.0. The summed E-state index contributed by atoms with van der Waals surface area (Å²) in [6.07, 6.45) is 1.06. The SMILES string of the molecule is CC(C)Cc1ccc(C(=O)C(Br)CBr)cc1. The second kappa shape index (κ2) is 6.55. The lowest BCUT2D eigenvalue weighted by Crippen LogP contribution is -2.15. The van der Waals surface area contributed by atoms with Gasteiger partial charge in [-0.3, -0.25) is 4.79 Å². The minimum Gasteiger partial charge on any atom is -0.293 e. The zero-order chi connectivity index (χ0) is 12.1. The highest BCUT2D eigenvalue weighted by molar-refractivity contribution is 9.12. The minimum absolute atomic E-state index is 0.132. The van der Waals surface area contributed by atoms with E-state index in [4.69, 9.17) is 0 Å². The molecule has 0 radical (unpaired) electrons. The highest BCUT2D eigenvalue weighted by Crippen LogP contribution is 2.15. The monoisotopic (exact) mass is 346 g/mol. The van der Waals surface area contributed by atoms with E-state index in [9.17, 15) is 4.79 Å². The van der Waals surface area contributed by atoms with Crippen molar-refractivity contribution in [3.05, 3.63) is 35.4 Å². The first kappa shape index (κ1) is 13.9. The molecule has 1 rings (SSSR count). The van der Waals surface area contributed by atoms with E-state index in [1.54, 1.807) is 0 Å². The fourth-order valence-corrected chi connectivity index (χ4v) is 2.09. The largest absolute Gasteiger partial charge is 0.293 e. The van der Waals surface area contributed by atoms with Crippen molar-refractivity contribution in [1.29, 1.82) is 0 Å². The van der Waals surface area contributed by atoms with E-state index in [0.29, 0.717) is 11.2 Å². The predicted molar refractivity (Wildman–Crippen MR) is 75.8 cm³/mol. The van der Waals surface area contributed by atoms with E-state index in [0.717, 1.165) is 12.0 Å². The van der Waals surface area contributed by atoms with Gasteiger partial charge >= 0.3 is 0 Å². The maximum absolute atomic E-state index is 11.8. The average molecular weight is 348 g/mol. The summed E-state index contributed by atoms with van der Waals surface area (Å²) < 4.78 is 0. The number of halogens is 2. The Morgan fingerprint density at radius 1 is 1.25 bits per heavy atom. The van der Waals surface area contributed by atoms with Crippen LogP contribution in [-0.4, -0.2) is 15.9 Å². The Balaban J connectivity index is 2.74. The Kier molecular flexibility index (Phi) is 5.70. The van der Waals surface area contributed by atoms with Gasteiger partial charge < -0.3 is 0 Å². The first-order valence-corrected chi connectivity index (χ1v) is 7.41. The zero-order valence-electron chi connectivity index (χ0n) is 9.54. The zero-order valence-corrected chi connectivity index (χ0v) is 12.7. The van der Waals surface area contributed by atoms with Crippen LogP contribution in [0.4, 0.5) is 0 Å². The highest BCUT2D eigenvalue weighted by Gasteiger charge is 2.15. The van der Waals surface area contributed by atoms with E-state index < -0.39 is 0 Å². The summed E-state index contributed by atoms with van der Waals surface area (Å²) in [5.74, 6) is 0.779. The number of hydrogen-bond acceptors (Lipinski definition) is 1. The van der Waals surface area contributed by atoms with Crippen LogP contribution >= 0.6 is 31.9 Å². The third-order valence-electron chi connectivity index (χ3n) is 2.30. The van der Waals surface area contributed by atoms with Gasteiger partial charge in [0.15, 0.2) is 5.78 Å². The maximum Gasteiger partial charge on any atom is 0.177 e. The van der Waals surface area contributed by atoms with Gasteiger partial charge in [0.25, 0.3) is 0 Å². The van der Waals surface area contributed by atoms with Crippen LogP contribution in [-0.2, 0) is 6.42 Å². The minimum atomic E-state index is -0.136. The maximum atomic E-state index is 11.8. The smallest absolute Gasteiger partial charge is 0.177 e. The van der Waals surface area contributed by atoms with Crippen molar-refractivity contribution in [2.45, 2.75) is 25.1 Å². The van der Waals surface area contributed by atoms with Crippen LogP contribution in [0.15, 0.2) is 24.3 Å². The van der Waals surface area contributed by atoms with Gasteiger partial charge in [-0.15, -0.1) is 0 Å². The molecule has 0 bridgehead atoms. The normalized spacial score (nSPS) is 12.8. The van der Waals surface area contributed by atoms with Crippen LogP contribution in [0.5, 0.6) is 0 Å². The van der Waals surface area contributed by atoms with Gasteiger partial charge in [-0.2, -0.15) is 0 Å². The number of ketones is 1. The molecular weight excluding hydrogens is 332 g/mol. The van der Waals surface area contributed by atoms with Crippen molar-refractivity contribution in [3.63, 3.8) is 0 Å². The molecule has 3 heteroatoms. The van der Waals surface area contributed by atoms with Crippen LogP contribution in [0.1, 0.15) is 29.8 Å². The molecule has 1 aromatic rings. The molecule has 88 valence electrons. The molecule has 16 heavy (non-hydrogen) atoms. The first-order valence-electron chi connectivity index (χ1n) is 5.37. The van der Waals surface area contributed by atoms with E-state index in [1.165, 1.54) is 5.56 Å². The topological polar surface area (TPSA) is 17.1 Å². The van der Waals surface area contributed by atoms with Gasteiger partial charge in [0, 0.05) is 10.9 Å². The Hall–Kier alpha value is -0.150. The summed E-state index contributed by atoms with van der Waals surface area (Å²) in [5.41, 5.74) is 2.06. The number of carbonyl (C=O) groups excluding carboxylic acids is 1. The molecule has 0 heterocycles. The second-order valence-corrected chi connectivity index (χ2v) is 6.03. The number of Topliss-reactive ketones (excluding diaryl/α,β-unsaturated/α-hetero) is 1. The number of hydrogen-bond donors (Lipinski definition) is 0. The van der Waals surface area contributed by atoms with Crippen LogP contribution in [0.2, 0.25) is 0 Å². The molecule has 0 saturated carbocycles. The molecule has 1 atom stereocenters. The summed E-state index contributed by atoms with van der Waals surface area (Å²) in [6.45, 7) is 4.39. The summed E-state index contributed by atoms with van der Waals surface area (Å²) in [7, 11) is 0. The Labute approximate surface area is 114 Å². The number of rotatable bonds is 5. The van der Waals surface area contributed by atoms with E-state index in [1.807, 2.05) is 24.3 Å². The molecule has 1 nitrogen and oxygen atoms in total. The second-order valence-electron chi connectivity index (χ2n) is 4.28. The molecule has 0 aliphatic rings. The van der Waals surface area contributed by atoms with Crippen molar-refractivity contribution in [2.24, 2.45) is 5.92 Å². The number of benzene rings is 1. The molecule has 0 aromatic heterocycles. The standard InChI is InChI=1S/C13H16Br2O/c1-9(2)7-10-3-5-11(6-4-10)13(16)12(15)8-14/h3-6,9,12H,7-8H2,1-2H3. The number of alkyl halides is 2. The van der Waals surface area contributed by atoms with Crippen LogP contribution < -0.4 is 0 Å². The van der Waals surface area contributed by atoms with Crippen molar-refractivity contribution in [3.8, 4) is 0 Å². The number of carbonyl (C=O) groups is 1. The molecule has 0 saturated heterocycles. The van der Waals surface area contributed by atoms with Crippen LogP contribution in [0, 0.1) is 5.92 Å². The van der Waals surface area contributed by atoms with Gasteiger partial charge in [-0.05, 0) is 17.9 Å². The molecule has 0 amide bonds. The summed E-state index contributed by atoms with van der Waals surface area (Å²) in [4.78, 5) is 11.7. The molecule has 0 aliphatic heterocycles. The highest BCUT2D eigenvalue weighted by atomic mass is 79.9. The van der Waals surface area contributed by atoms with Crippen molar-refractivity contribution in [1.82, 2.24) is 0 Å². The van der Waals surface area contributed by atoms with Gasteiger partial charge in [-0.1, -0.05) is 70.0 Å². The van der Waals surface area contributed by atoms with Gasteiger partial charge in [0.2, 0.25) is 0 Å². The predicted octanol–water partition coefficient (Wildman–Crippen LogP) is 4.23. The average Bonchev–Trinajstić information content (AvgIpc) is 2.27. The molecule has 0 N–H and O–H groups in total. The summed E-state index contributed by atoms with van der Waals surface area (Å²) in [5, 5.41) is 0.638. The molecule has 1 aromatic carbocycles. The Morgan fingerprint density at radius 2 is 1.81 bits per heavy atom. The molecule has 1 unspecified atom stereocenters. The Bertz CT molecular complexity index is 343. The summed E-state index contributed by atoms with van der Waals surface area (Å²) >= 11 is 6.63. The first-order chi connectivity index (χ1) is 7.54. The molecule has 0 aliphatic carbocycles. The van der Waals surface area contributed by atoms with Crippen LogP contribution in [0.3, 0.4) is 0 Å². The Morgan fingerprint density at radius 3 is 2.25 bits per heavy atom. The fourth-order valence-electron chi connectivity index (χ4n) is 1.53. The van der Waals surface area contributed by atoms with E-state index in [2.05, 4.69) is 45.7 Å². The van der Waals surface area contributed by atoms with E-state index >= 15 is 0 Å². The third kappa shape index (κ3) is 4.02. The van der Waals surface area contributed by atoms with Crippen molar-refractivity contribution in [2.75, 3.05) is 5.33 Å². The van der Waals surface area contributed by atoms with Crippen molar-refractivity contribution >= 4 is 37.6 Å². The molecule has 0 fully saturated rings. The van der Waals surface area contributed by atoms with E-state index in [-0.39, 0.29) is 10.6 Å². The van der Waals surface area contributed by atoms with Gasteiger partial charge in [-0.25, -0.2) is 0 Å². The van der Waals surface area contributed by atoms with Crippen LogP contribution in [0.25, 0.3) is 0 Å². The molecular formula is C13H16Br2O. The van der Waals surface area contributed by atoms with Gasteiger partial charge in [0.05, 0.1) is 4.83 Å². The molecule has 0 spiro atoms. The van der Waals surface area contributed by atoms with Crippen molar-refractivity contribution < 1.29 is 4.79 Å². The quantitative estimate of drug-likeness (QED) is 0.575. The summed E-state index contributed by atoms with van der Waals surface area (Å²) in [6, 6.07) is 7.91. The fraction of sp³-hybridized carbons (Fsp3) is 0.462. The van der Waals surface area contributed by atoms with Gasteiger partial charge in [0.1, 0.15) is 0 Å². The lowest BCUT2D eigenvalue weighted by Gasteiger charge is -2.07. The lowest BCUT2D eigenvalue weighted by molar-refractivity contribution is 0.0997. The third-order valence-corrected chi connectivity index (χ3v) is 4.56.